The summed E-state index contributed by atoms with van der Waals surface area (Å²) in [5.41, 5.74) is 0.337. The van der Waals surface area contributed by atoms with Crippen LogP contribution in [-0.4, -0.2) is 81.5 Å². The molecule has 11 nitrogen and oxygen atoms in total. The number of carbonyl (C=O) groups is 3. The Morgan fingerprint density at radius 1 is 1.09 bits per heavy atom. The van der Waals surface area contributed by atoms with E-state index in [4.69, 9.17) is 16.8 Å². The number of pyridine rings is 1. The Kier molecular flexibility index (Phi) is 5.00. The molecule has 1 aliphatic heterocycles. The molecule has 164 valence electrons. The topological polar surface area (TPSA) is 138 Å². The molecule has 13 heteroatoms. The largest absolute Gasteiger partial charge is 0.468 e. The molecule has 0 unspecified atom stereocenters. The molecule has 4 aromatic rings. The van der Waals surface area contributed by atoms with E-state index in [0.29, 0.717) is 0 Å². The first kappa shape index (κ1) is 20.6. The second-order valence-electron chi connectivity index (χ2n) is 7.28. The van der Waals surface area contributed by atoms with Crippen LogP contribution in [0.4, 0.5) is 4.39 Å². The summed E-state index contributed by atoms with van der Waals surface area (Å²) in [6.07, 6.45) is 3.27. The molecule has 4 aromatic heterocycles. The number of fused-ring (bicyclic) bond motifs is 1. The van der Waals surface area contributed by atoms with E-state index in [1.54, 1.807) is 0 Å². The van der Waals surface area contributed by atoms with Crippen LogP contribution in [-0.2, 0) is 4.79 Å². The van der Waals surface area contributed by atoms with Gasteiger partial charge in [-0.1, -0.05) is 5.16 Å². The first-order valence-electron chi connectivity index (χ1n) is 9.84. The normalized spacial score (nSPS) is 14.1. The number of aromatic amines is 1. The lowest BCUT2D eigenvalue weighted by atomic mass is 10.1. The minimum Gasteiger partial charge on any atom is -0.468 e. The molecule has 33 heavy (non-hydrogen) atoms. The van der Waals surface area contributed by atoms with Crippen molar-refractivity contribution in [3.63, 3.8) is 0 Å². The predicted octanol–water partition coefficient (Wildman–Crippen LogP) is 0.306. The number of Topliss-reactive ketones (excluding diaryl/α,β-unsaturated/α-hetero) is 1. The summed E-state index contributed by atoms with van der Waals surface area (Å²) in [6, 6.07) is 2.95. The summed E-state index contributed by atoms with van der Waals surface area (Å²) in [5.74, 6) is -2.62. The number of piperazine rings is 1. The van der Waals surface area contributed by atoms with Crippen LogP contribution in [0.5, 0.6) is 0 Å². The number of nitrogens with zero attached hydrogens (tertiary/aromatic N) is 5. The molecule has 5 heterocycles. The molecule has 0 aromatic carbocycles. The number of rotatable bonds is 4. The highest BCUT2D eigenvalue weighted by Crippen LogP contribution is 2.28. The maximum Gasteiger partial charge on any atom is 0.295 e. The van der Waals surface area contributed by atoms with Gasteiger partial charge in [-0.05, 0) is 12.1 Å². The van der Waals surface area contributed by atoms with Crippen LogP contribution >= 0.6 is 0 Å². The second kappa shape index (κ2) is 8.00. The number of carbonyl (C=O) groups excluding carboxylic acids is 3. The van der Waals surface area contributed by atoms with Gasteiger partial charge >= 0.3 is 0 Å². The Labute approximate surface area is 186 Å². The lowest BCUT2D eigenvalue weighted by Crippen LogP contribution is -2.52. The van der Waals surface area contributed by atoms with Crippen LogP contribution in [0.25, 0.3) is 22.4 Å². The molecule has 1 aliphatic rings. The van der Waals surface area contributed by atoms with Crippen LogP contribution < -0.4 is 5.66 Å². The lowest BCUT2D eigenvalue weighted by molar-refractivity contribution is -0.127. The quantitative estimate of drug-likeness (QED) is 0.267. The van der Waals surface area contributed by atoms with E-state index in [0.717, 1.165) is 12.6 Å². The van der Waals surface area contributed by atoms with E-state index in [1.165, 1.54) is 28.1 Å². The Balaban J connectivity index is 1.34. The Morgan fingerprint density at radius 2 is 1.85 bits per heavy atom. The average molecular weight is 448 g/mol. The van der Waals surface area contributed by atoms with Gasteiger partial charge in [0.2, 0.25) is 12.2 Å². The number of hydrogen-bond acceptors (Lipinski definition) is 8. The third-order valence-corrected chi connectivity index (χ3v) is 5.37. The molecule has 2 amide bonds. The summed E-state index contributed by atoms with van der Waals surface area (Å²) in [7, 11) is 5.50. The SMILES string of the molecule is [B]c1ccc(C(=O)N2CCN(C(=O)C(=O)c3c[nH]c4c(-c5ncon5)ncc(F)c34)CC2)o1. The van der Waals surface area contributed by atoms with Crippen molar-refractivity contribution in [3.05, 3.63) is 48.1 Å². The van der Waals surface area contributed by atoms with E-state index >= 15 is 0 Å². The molecule has 0 atom stereocenters. The summed E-state index contributed by atoms with van der Waals surface area (Å²) < 4.78 is 24.4. The van der Waals surface area contributed by atoms with Crippen molar-refractivity contribution in [3.8, 4) is 11.5 Å². The highest BCUT2D eigenvalue weighted by Gasteiger charge is 2.32. The Bertz CT molecular complexity index is 1370. The standard InChI is InChI=1S/C20H14BFN6O5/c21-13-2-1-12(33-13)19(30)27-3-5-28(6-4-27)20(31)17(29)10-7-23-15-14(10)11(22)8-24-16(15)18-25-9-32-26-18/h1-2,7-9,23H,3-6H2. The number of hydrogen-bond donors (Lipinski definition) is 1. The van der Waals surface area contributed by atoms with E-state index in [1.807, 2.05) is 0 Å². The minimum absolute atomic E-state index is 0.0904. The van der Waals surface area contributed by atoms with Gasteiger partial charge in [0.1, 0.15) is 5.69 Å². The van der Waals surface area contributed by atoms with E-state index in [9.17, 15) is 18.8 Å². The Morgan fingerprint density at radius 3 is 2.52 bits per heavy atom. The minimum atomic E-state index is -0.885. The van der Waals surface area contributed by atoms with Crippen LogP contribution in [0.15, 0.2) is 39.9 Å². The number of ketones is 1. The average Bonchev–Trinajstić information content (AvgIpc) is 3.59. The number of nitrogens with one attached hydrogen (secondary N) is 1. The van der Waals surface area contributed by atoms with Crippen LogP contribution in [0.1, 0.15) is 20.9 Å². The van der Waals surface area contributed by atoms with Crippen LogP contribution in [0, 0.1) is 5.82 Å². The maximum atomic E-state index is 14.6. The molecule has 0 aliphatic carbocycles. The number of halogens is 1. The van der Waals surface area contributed by atoms with Gasteiger partial charge in [-0.2, -0.15) is 4.98 Å². The van der Waals surface area contributed by atoms with E-state index in [-0.39, 0.29) is 71.5 Å². The zero-order valence-corrected chi connectivity index (χ0v) is 16.9. The highest BCUT2D eigenvalue weighted by atomic mass is 19.1. The van der Waals surface area contributed by atoms with Crippen LogP contribution in [0.2, 0.25) is 0 Å². The summed E-state index contributed by atoms with van der Waals surface area (Å²) >= 11 is 0. The Hall–Kier alpha value is -4.29. The molecule has 0 spiro atoms. The third-order valence-electron chi connectivity index (χ3n) is 5.37. The smallest absolute Gasteiger partial charge is 0.295 e. The van der Waals surface area contributed by atoms with Gasteiger partial charge in [0, 0.05) is 38.0 Å². The van der Waals surface area contributed by atoms with Gasteiger partial charge in [-0.25, -0.2) is 9.37 Å². The van der Waals surface area contributed by atoms with Gasteiger partial charge in [-0.15, -0.1) is 0 Å². The van der Waals surface area contributed by atoms with Gasteiger partial charge in [0.05, 0.1) is 22.7 Å². The van der Waals surface area contributed by atoms with E-state index in [2.05, 4.69) is 20.1 Å². The van der Waals surface area contributed by atoms with Crippen molar-refractivity contribution in [2.24, 2.45) is 0 Å². The zero-order valence-electron chi connectivity index (χ0n) is 16.9. The van der Waals surface area contributed by atoms with Crippen molar-refractivity contribution in [2.75, 3.05) is 26.2 Å². The molecule has 1 N–H and O–H groups in total. The zero-order chi connectivity index (χ0) is 23.1. The molecular formula is C20H14BFN6O5. The molecule has 1 fully saturated rings. The van der Waals surface area contributed by atoms with Crippen molar-refractivity contribution >= 4 is 42.0 Å². The summed E-state index contributed by atoms with van der Waals surface area (Å²) in [4.78, 5) is 51.7. The fourth-order valence-corrected chi connectivity index (χ4v) is 3.73. The number of aromatic nitrogens is 4. The first-order valence-corrected chi connectivity index (χ1v) is 9.84. The van der Waals surface area contributed by atoms with Gasteiger partial charge < -0.3 is 23.7 Å². The summed E-state index contributed by atoms with van der Waals surface area (Å²) in [6.45, 7) is 0.666. The predicted molar refractivity (Wildman–Crippen MR) is 110 cm³/mol. The van der Waals surface area contributed by atoms with Gasteiger partial charge in [-0.3, -0.25) is 14.4 Å². The number of furan rings is 1. The molecule has 2 radical (unpaired) electrons. The van der Waals surface area contributed by atoms with Gasteiger partial charge in [0.15, 0.2) is 19.4 Å². The maximum absolute atomic E-state index is 14.6. The molecule has 0 bridgehead atoms. The van der Waals surface area contributed by atoms with Gasteiger partial charge in [0.25, 0.3) is 17.6 Å². The second-order valence-corrected chi connectivity index (χ2v) is 7.28. The number of amides is 2. The third kappa shape index (κ3) is 3.56. The van der Waals surface area contributed by atoms with Crippen LogP contribution in [0.3, 0.4) is 0 Å². The lowest BCUT2D eigenvalue weighted by Gasteiger charge is -2.33. The molecule has 1 saturated heterocycles. The van der Waals surface area contributed by atoms with Crippen molar-refractivity contribution in [1.82, 2.24) is 29.9 Å². The molecular weight excluding hydrogens is 434 g/mol. The molecule has 5 rings (SSSR count). The summed E-state index contributed by atoms with van der Waals surface area (Å²) in [5, 5.41) is 3.59. The monoisotopic (exact) mass is 448 g/mol. The van der Waals surface area contributed by atoms with E-state index < -0.39 is 17.5 Å². The number of H-pyrrole nitrogens is 1. The molecule has 0 saturated carbocycles. The fourth-order valence-electron chi connectivity index (χ4n) is 3.73. The first-order chi connectivity index (χ1) is 15.9. The highest BCUT2D eigenvalue weighted by molar-refractivity contribution is 6.45. The fraction of sp³-hybridized carbons (Fsp3) is 0.200. The van der Waals surface area contributed by atoms with Crippen molar-refractivity contribution in [1.29, 1.82) is 0 Å². The van der Waals surface area contributed by atoms with Crippen molar-refractivity contribution in [2.45, 2.75) is 0 Å². The van der Waals surface area contributed by atoms with Crippen molar-refractivity contribution < 1.29 is 27.7 Å².